The number of rotatable bonds is 4. The highest BCUT2D eigenvalue weighted by molar-refractivity contribution is 5.66. The van der Waals surface area contributed by atoms with Gasteiger partial charge in [-0.15, -0.1) is 0 Å². The average Bonchev–Trinajstić information content (AvgIpc) is 2.25. The monoisotopic (exact) mass is 210 g/mol. The van der Waals surface area contributed by atoms with E-state index in [2.05, 4.69) is 5.43 Å². The van der Waals surface area contributed by atoms with Gasteiger partial charge in [-0.25, -0.2) is 0 Å². The van der Waals surface area contributed by atoms with Crippen LogP contribution in [-0.2, 0) is 16.1 Å². The van der Waals surface area contributed by atoms with Crippen molar-refractivity contribution in [3.05, 3.63) is 23.8 Å². The van der Waals surface area contributed by atoms with E-state index in [4.69, 9.17) is 15.3 Å². The van der Waals surface area contributed by atoms with Crippen molar-refractivity contribution in [2.45, 2.75) is 13.5 Å². The molecule has 82 valence electrons. The molecule has 1 aromatic rings. The minimum atomic E-state index is -0.330. The number of hydrogen-bond donors (Lipinski definition) is 2. The minimum absolute atomic E-state index is 0.175. The molecule has 0 spiro atoms. The Bertz CT molecular complexity index is 353. The zero-order valence-corrected chi connectivity index (χ0v) is 8.74. The molecule has 0 atom stereocenters. The lowest BCUT2D eigenvalue weighted by Crippen LogP contribution is -2.08. The molecule has 0 aliphatic heterocycles. The van der Waals surface area contributed by atoms with Gasteiger partial charge in [-0.2, -0.15) is 0 Å². The van der Waals surface area contributed by atoms with Crippen LogP contribution in [0.15, 0.2) is 18.2 Å². The average molecular weight is 210 g/mol. The predicted molar refractivity (Wildman–Crippen MR) is 56.3 cm³/mol. The first-order valence-corrected chi connectivity index (χ1v) is 4.44. The Kier molecular flexibility index (Phi) is 3.93. The van der Waals surface area contributed by atoms with Crippen LogP contribution in [0, 0.1) is 0 Å². The number of carbonyl (C=O) groups is 1. The SMILES string of the molecule is COc1ccc(NN)cc1COC(C)=O. The molecule has 0 aliphatic rings. The molecule has 0 fully saturated rings. The summed E-state index contributed by atoms with van der Waals surface area (Å²) >= 11 is 0. The highest BCUT2D eigenvalue weighted by atomic mass is 16.5. The number of nitrogens with one attached hydrogen (secondary N) is 1. The van der Waals surface area contributed by atoms with Gasteiger partial charge in [0.15, 0.2) is 0 Å². The second-order valence-corrected chi connectivity index (χ2v) is 2.95. The lowest BCUT2D eigenvalue weighted by Gasteiger charge is -2.10. The molecule has 0 bridgehead atoms. The quantitative estimate of drug-likeness (QED) is 0.441. The summed E-state index contributed by atoms with van der Waals surface area (Å²) in [4.78, 5) is 10.7. The molecule has 0 heterocycles. The number of carbonyl (C=O) groups excluding carboxylic acids is 1. The number of esters is 1. The molecule has 15 heavy (non-hydrogen) atoms. The molecular weight excluding hydrogens is 196 g/mol. The number of ether oxygens (including phenoxy) is 2. The van der Waals surface area contributed by atoms with Crippen LogP contribution < -0.4 is 16.0 Å². The fraction of sp³-hybridized carbons (Fsp3) is 0.300. The fourth-order valence-electron chi connectivity index (χ4n) is 1.16. The standard InChI is InChI=1S/C10H14N2O3/c1-7(13)15-6-8-5-9(12-11)3-4-10(8)14-2/h3-5,12H,6,11H2,1-2H3. The number of hydrogen-bond acceptors (Lipinski definition) is 5. The van der Waals surface area contributed by atoms with Crippen LogP contribution in [0.3, 0.4) is 0 Å². The Morgan fingerprint density at radius 3 is 2.80 bits per heavy atom. The lowest BCUT2D eigenvalue weighted by atomic mass is 10.2. The summed E-state index contributed by atoms with van der Waals surface area (Å²) in [6.45, 7) is 1.53. The molecule has 0 saturated carbocycles. The van der Waals surface area contributed by atoms with Crippen molar-refractivity contribution < 1.29 is 14.3 Å². The van der Waals surface area contributed by atoms with Gasteiger partial charge in [0, 0.05) is 18.2 Å². The van der Waals surface area contributed by atoms with E-state index >= 15 is 0 Å². The zero-order chi connectivity index (χ0) is 11.3. The summed E-state index contributed by atoms with van der Waals surface area (Å²) < 4.78 is 10.00. The number of benzene rings is 1. The molecule has 0 aromatic heterocycles. The van der Waals surface area contributed by atoms with Crippen molar-refractivity contribution in [1.82, 2.24) is 0 Å². The Morgan fingerprint density at radius 1 is 1.53 bits per heavy atom. The molecule has 1 rings (SSSR count). The molecule has 5 heteroatoms. The first kappa shape index (κ1) is 11.3. The largest absolute Gasteiger partial charge is 0.496 e. The highest BCUT2D eigenvalue weighted by Crippen LogP contribution is 2.22. The summed E-state index contributed by atoms with van der Waals surface area (Å²) in [5.41, 5.74) is 4.01. The molecule has 5 nitrogen and oxygen atoms in total. The van der Waals surface area contributed by atoms with Gasteiger partial charge in [0.1, 0.15) is 12.4 Å². The van der Waals surface area contributed by atoms with E-state index < -0.39 is 0 Å². The number of nitrogens with two attached hydrogens (primary N) is 1. The molecule has 1 aromatic carbocycles. The second kappa shape index (κ2) is 5.21. The molecule has 0 radical (unpaired) electrons. The van der Waals surface area contributed by atoms with Crippen molar-refractivity contribution in [2.75, 3.05) is 12.5 Å². The van der Waals surface area contributed by atoms with E-state index in [1.165, 1.54) is 6.92 Å². The first-order chi connectivity index (χ1) is 7.17. The maximum absolute atomic E-state index is 10.7. The Labute approximate surface area is 88.1 Å². The van der Waals surface area contributed by atoms with Gasteiger partial charge in [0.05, 0.1) is 7.11 Å². The van der Waals surface area contributed by atoms with E-state index in [-0.39, 0.29) is 12.6 Å². The fourth-order valence-corrected chi connectivity index (χ4v) is 1.16. The van der Waals surface area contributed by atoms with Crippen molar-refractivity contribution in [3.8, 4) is 5.75 Å². The zero-order valence-electron chi connectivity index (χ0n) is 8.74. The summed E-state index contributed by atoms with van der Waals surface area (Å²) in [6, 6.07) is 5.30. The maximum atomic E-state index is 10.7. The molecule has 0 unspecified atom stereocenters. The van der Waals surface area contributed by atoms with Gasteiger partial charge in [-0.3, -0.25) is 10.6 Å². The molecule has 0 saturated heterocycles. The van der Waals surface area contributed by atoms with Crippen LogP contribution in [0.4, 0.5) is 5.69 Å². The molecule has 0 aliphatic carbocycles. The number of nitrogen functional groups attached to an aromatic ring is 1. The van der Waals surface area contributed by atoms with Crippen molar-refractivity contribution in [2.24, 2.45) is 5.84 Å². The van der Waals surface area contributed by atoms with Gasteiger partial charge >= 0.3 is 5.97 Å². The minimum Gasteiger partial charge on any atom is -0.496 e. The van der Waals surface area contributed by atoms with Crippen LogP contribution in [-0.4, -0.2) is 13.1 Å². The van der Waals surface area contributed by atoms with Crippen LogP contribution in [0.5, 0.6) is 5.75 Å². The number of hydrazine groups is 1. The second-order valence-electron chi connectivity index (χ2n) is 2.95. The smallest absolute Gasteiger partial charge is 0.302 e. The van der Waals surface area contributed by atoms with Gasteiger partial charge in [-0.05, 0) is 18.2 Å². The summed E-state index contributed by atoms with van der Waals surface area (Å²) in [5.74, 6) is 5.60. The van der Waals surface area contributed by atoms with Crippen LogP contribution in [0.25, 0.3) is 0 Å². The van der Waals surface area contributed by atoms with Crippen molar-refractivity contribution >= 4 is 11.7 Å². The summed E-state index contributed by atoms with van der Waals surface area (Å²) in [6.07, 6.45) is 0. The van der Waals surface area contributed by atoms with Crippen molar-refractivity contribution in [1.29, 1.82) is 0 Å². The van der Waals surface area contributed by atoms with Crippen LogP contribution >= 0.6 is 0 Å². The Balaban J connectivity index is 2.85. The molecule has 3 N–H and O–H groups in total. The first-order valence-electron chi connectivity index (χ1n) is 4.44. The van der Waals surface area contributed by atoms with Crippen LogP contribution in [0.1, 0.15) is 12.5 Å². The highest BCUT2D eigenvalue weighted by Gasteiger charge is 2.05. The summed E-state index contributed by atoms with van der Waals surface area (Å²) in [5, 5.41) is 0. The number of methoxy groups -OCH3 is 1. The van der Waals surface area contributed by atoms with Crippen molar-refractivity contribution in [3.63, 3.8) is 0 Å². The van der Waals surface area contributed by atoms with Crippen LogP contribution in [0.2, 0.25) is 0 Å². The van der Waals surface area contributed by atoms with E-state index in [1.807, 2.05) is 0 Å². The predicted octanol–water partition coefficient (Wildman–Crippen LogP) is 1.04. The van der Waals surface area contributed by atoms with Gasteiger partial charge in [-0.1, -0.05) is 0 Å². The Hall–Kier alpha value is -1.75. The van der Waals surface area contributed by atoms with E-state index in [1.54, 1.807) is 25.3 Å². The summed E-state index contributed by atoms with van der Waals surface area (Å²) in [7, 11) is 1.56. The lowest BCUT2D eigenvalue weighted by molar-refractivity contribution is -0.142. The third-order valence-electron chi connectivity index (χ3n) is 1.88. The van der Waals surface area contributed by atoms with E-state index in [0.717, 1.165) is 11.3 Å². The Morgan fingerprint density at radius 2 is 2.27 bits per heavy atom. The third-order valence-corrected chi connectivity index (χ3v) is 1.88. The molecule has 0 amide bonds. The maximum Gasteiger partial charge on any atom is 0.302 e. The van der Waals surface area contributed by atoms with Gasteiger partial charge in [0.2, 0.25) is 0 Å². The van der Waals surface area contributed by atoms with Gasteiger partial charge < -0.3 is 14.9 Å². The molecular formula is C10H14N2O3. The topological polar surface area (TPSA) is 73.6 Å². The third kappa shape index (κ3) is 3.14. The normalized spacial score (nSPS) is 9.53. The van der Waals surface area contributed by atoms with Gasteiger partial charge in [0.25, 0.3) is 0 Å². The van der Waals surface area contributed by atoms with E-state index in [9.17, 15) is 4.79 Å². The number of anilines is 1. The van der Waals surface area contributed by atoms with E-state index in [0.29, 0.717) is 5.75 Å².